The predicted molar refractivity (Wildman–Crippen MR) is 74.1 cm³/mol. The SMILES string of the molecule is COC(=O)c1cc(Cl)ccc1CNC(=O)C(C)(C)C. The molecule has 0 aliphatic carbocycles. The molecule has 0 bridgehead atoms. The molecular formula is C14H18ClNO3. The van der Waals surface area contributed by atoms with Crippen molar-refractivity contribution in [3.05, 3.63) is 34.3 Å². The molecule has 0 aliphatic rings. The number of esters is 1. The van der Waals surface area contributed by atoms with Crippen LogP contribution in [0.5, 0.6) is 0 Å². The third-order valence-electron chi connectivity index (χ3n) is 2.60. The summed E-state index contributed by atoms with van der Waals surface area (Å²) >= 11 is 5.86. The van der Waals surface area contributed by atoms with Crippen molar-refractivity contribution in [2.45, 2.75) is 27.3 Å². The molecule has 104 valence electrons. The van der Waals surface area contributed by atoms with Gasteiger partial charge in [-0.05, 0) is 17.7 Å². The Bertz CT molecular complexity index is 492. The fraction of sp³-hybridized carbons (Fsp3) is 0.429. The van der Waals surface area contributed by atoms with Gasteiger partial charge in [-0.2, -0.15) is 0 Å². The number of amides is 1. The maximum atomic E-state index is 11.8. The van der Waals surface area contributed by atoms with E-state index in [1.807, 2.05) is 20.8 Å². The maximum absolute atomic E-state index is 11.8. The molecular weight excluding hydrogens is 266 g/mol. The van der Waals surface area contributed by atoms with Gasteiger partial charge in [-0.3, -0.25) is 4.79 Å². The first-order valence-electron chi connectivity index (χ1n) is 5.90. The zero-order chi connectivity index (χ0) is 14.6. The molecule has 0 aromatic heterocycles. The topological polar surface area (TPSA) is 55.4 Å². The third kappa shape index (κ3) is 4.24. The van der Waals surface area contributed by atoms with Gasteiger partial charge in [0.1, 0.15) is 0 Å². The van der Waals surface area contributed by atoms with Gasteiger partial charge in [0.2, 0.25) is 5.91 Å². The first-order chi connectivity index (χ1) is 8.75. The molecule has 1 aromatic carbocycles. The Morgan fingerprint density at radius 2 is 1.95 bits per heavy atom. The number of carbonyl (C=O) groups is 2. The van der Waals surface area contributed by atoms with Gasteiger partial charge in [0.15, 0.2) is 0 Å². The highest BCUT2D eigenvalue weighted by Gasteiger charge is 2.21. The number of carbonyl (C=O) groups excluding carboxylic acids is 2. The molecule has 1 rings (SSSR count). The average Bonchev–Trinajstić information content (AvgIpc) is 2.34. The average molecular weight is 284 g/mol. The van der Waals surface area contributed by atoms with Crippen LogP contribution in [-0.4, -0.2) is 19.0 Å². The van der Waals surface area contributed by atoms with Crippen LogP contribution in [0.3, 0.4) is 0 Å². The van der Waals surface area contributed by atoms with E-state index >= 15 is 0 Å². The lowest BCUT2D eigenvalue weighted by molar-refractivity contribution is -0.128. The van der Waals surface area contributed by atoms with Crippen molar-refractivity contribution in [1.82, 2.24) is 5.32 Å². The quantitative estimate of drug-likeness (QED) is 0.868. The molecule has 1 amide bonds. The summed E-state index contributed by atoms with van der Waals surface area (Å²) in [4.78, 5) is 23.4. The third-order valence-corrected chi connectivity index (χ3v) is 2.83. The summed E-state index contributed by atoms with van der Waals surface area (Å²) in [6.07, 6.45) is 0. The van der Waals surface area contributed by atoms with E-state index in [2.05, 4.69) is 5.32 Å². The fourth-order valence-corrected chi connectivity index (χ4v) is 1.62. The van der Waals surface area contributed by atoms with Crippen LogP contribution < -0.4 is 5.32 Å². The van der Waals surface area contributed by atoms with Gasteiger partial charge in [0, 0.05) is 17.0 Å². The number of benzene rings is 1. The molecule has 0 saturated carbocycles. The number of halogens is 1. The van der Waals surface area contributed by atoms with Crippen LogP contribution in [0.4, 0.5) is 0 Å². The zero-order valence-corrected chi connectivity index (χ0v) is 12.3. The van der Waals surface area contributed by atoms with E-state index in [0.717, 1.165) is 0 Å². The first-order valence-corrected chi connectivity index (χ1v) is 6.28. The molecule has 0 aliphatic heterocycles. The van der Waals surface area contributed by atoms with Crippen molar-refractivity contribution in [2.24, 2.45) is 5.41 Å². The second-order valence-corrected chi connectivity index (χ2v) is 5.66. The Kier molecular flexibility index (Phi) is 4.95. The van der Waals surface area contributed by atoms with E-state index in [4.69, 9.17) is 16.3 Å². The molecule has 0 heterocycles. The van der Waals surface area contributed by atoms with E-state index in [0.29, 0.717) is 16.1 Å². The minimum absolute atomic E-state index is 0.0849. The molecule has 0 atom stereocenters. The number of nitrogens with one attached hydrogen (secondary N) is 1. The number of methoxy groups -OCH3 is 1. The van der Waals surface area contributed by atoms with Crippen molar-refractivity contribution >= 4 is 23.5 Å². The Labute approximate surface area is 118 Å². The summed E-state index contributed by atoms with van der Waals surface area (Å²) in [5, 5.41) is 3.24. The molecule has 1 N–H and O–H groups in total. The van der Waals surface area contributed by atoms with Crippen LogP contribution >= 0.6 is 11.6 Å². The van der Waals surface area contributed by atoms with Gasteiger partial charge in [0.05, 0.1) is 12.7 Å². The maximum Gasteiger partial charge on any atom is 0.338 e. The summed E-state index contributed by atoms with van der Waals surface area (Å²) < 4.78 is 4.70. The summed E-state index contributed by atoms with van der Waals surface area (Å²) in [5.74, 6) is -0.555. The fourth-order valence-electron chi connectivity index (χ4n) is 1.44. The second-order valence-electron chi connectivity index (χ2n) is 5.23. The first kappa shape index (κ1) is 15.5. The lowest BCUT2D eigenvalue weighted by Crippen LogP contribution is -2.34. The van der Waals surface area contributed by atoms with Crippen molar-refractivity contribution < 1.29 is 14.3 Å². The Morgan fingerprint density at radius 3 is 2.47 bits per heavy atom. The standard InChI is InChI=1S/C14H18ClNO3/c1-14(2,3)13(18)16-8-9-5-6-10(15)7-11(9)12(17)19-4/h5-7H,8H2,1-4H3,(H,16,18). The van der Waals surface area contributed by atoms with Crippen LogP contribution in [0.1, 0.15) is 36.7 Å². The van der Waals surface area contributed by atoms with Crippen LogP contribution in [0.2, 0.25) is 5.02 Å². The Hall–Kier alpha value is -1.55. The van der Waals surface area contributed by atoms with Gasteiger partial charge < -0.3 is 10.1 Å². The molecule has 0 fully saturated rings. The summed E-state index contributed by atoms with van der Waals surface area (Å²) in [5.41, 5.74) is 0.566. The molecule has 0 saturated heterocycles. The summed E-state index contributed by atoms with van der Waals surface area (Å²) in [7, 11) is 1.31. The highest BCUT2D eigenvalue weighted by Crippen LogP contribution is 2.18. The summed E-state index contributed by atoms with van der Waals surface area (Å²) in [6, 6.07) is 4.91. The second kappa shape index (κ2) is 6.06. The molecule has 0 unspecified atom stereocenters. The minimum atomic E-state index is -0.474. The van der Waals surface area contributed by atoms with Gasteiger partial charge in [-0.25, -0.2) is 4.79 Å². The van der Waals surface area contributed by atoms with Crippen molar-refractivity contribution in [3.8, 4) is 0 Å². The lowest BCUT2D eigenvalue weighted by Gasteiger charge is -2.18. The molecule has 19 heavy (non-hydrogen) atoms. The highest BCUT2D eigenvalue weighted by atomic mass is 35.5. The van der Waals surface area contributed by atoms with E-state index in [9.17, 15) is 9.59 Å². The monoisotopic (exact) mass is 283 g/mol. The molecule has 1 aromatic rings. The zero-order valence-electron chi connectivity index (χ0n) is 11.5. The normalized spacial score (nSPS) is 11.0. The van der Waals surface area contributed by atoms with E-state index in [-0.39, 0.29) is 12.5 Å². The molecule has 4 nitrogen and oxygen atoms in total. The van der Waals surface area contributed by atoms with E-state index < -0.39 is 11.4 Å². The molecule has 0 radical (unpaired) electrons. The number of rotatable bonds is 3. The van der Waals surface area contributed by atoms with Crippen molar-refractivity contribution in [2.75, 3.05) is 7.11 Å². The van der Waals surface area contributed by atoms with Gasteiger partial charge in [-0.15, -0.1) is 0 Å². The highest BCUT2D eigenvalue weighted by molar-refractivity contribution is 6.31. The van der Waals surface area contributed by atoms with Gasteiger partial charge in [0.25, 0.3) is 0 Å². The van der Waals surface area contributed by atoms with Gasteiger partial charge >= 0.3 is 5.97 Å². The number of hydrogen-bond donors (Lipinski definition) is 1. The van der Waals surface area contributed by atoms with Crippen molar-refractivity contribution in [1.29, 1.82) is 0 Å². The largest absolute Gasteiger partial charge is 0.465 e. The van der Waals surface area contributed by atoms with Crippen LogP contribution in [0.25, 0.3) is 0 Å². The minimum Gasteiger partial charge on any atom is -0.465 e. The predicted octanol–water partition coefficient (Wildman–Crippen LogP) is 2.79. The molecule has 0 spiro atoms. The Balaban J connectivity index is 2.90. The van der Waals surface area contributed by atoms with Crippen molar-refractivity contribution in [3.63, 3.8) is 0 Å². The molecule has 5 heteroatoms. The van der Waals surface area contributed by atoms with Gasteiger partial charge in [-0.1, -0.05) is 38.4 Å². The van der Waals surface area contributed by atoms with Crippen LogP contribution in [-0.2, 0) is 16.1 Å². The van der Waals surface area contributed by atoms with Crippen LogP contribution in [0.15, 0.2) is 18.2 Å². The smallest absolute Gasteiger partial charge is 0.338 e. The number of ether oxygens (including phenoxy) is 1. The van der Waals surface area contributed by atoms with Crippen LogP contribution in [0, 0.1) is 5.41 Å². The van der Waals surface area contributed by atoms with E-state index in [1.54, 1.807) is 12.1 Å². The summed E-state index contributed by atoms with van der Waals surface area (Å²) in [6.45, 7) is 5.74. The Morgan fingerprint density at radius 1 is 1.32 bits per heavy atom. The lowest BCUT2D eigenvalue weighted by atomic mass is 9.95. The number of hydrogen-bond acceptors (Lipinski definition) is 3. The van der Waals surface area contributed by atoms with E-state index in [1.165, 1.54) is 13.2 Å².